The summed E-state index contributed by atoms with van der Waals surface area (Å²) in [5, 5.41) is 12.9. The number of aliphatic hydroxyl groups excluding tert-OH is 1. The van der Waals surface area contributed by atoms with Crippen LogP contribution in [0.1, 0.15) is 44.8 Å². The molecule has 1 aromatic rings. The van der Waals surface area contributed by atoms with Crippen molar-refractivity contribution >= 4 is 5.91 Å². The van der Waals surface area contributed by atoms with E-state index in [1.807, 2.05) is 44.2 Å². The van der Waals surface area contributed by atoms with Gasteiger partial charge in [0.15, 0.2) is 0 Å². The first-order valence-electron chi connectivity index (χ1n) is 8.25. The van der Waals surface area contributed by atoms with E-state index in [2.05, 4.69) is 5.32 Å². The molecule has 4 atom stereocenters. The lowest BCUT2D eigenvalue weighted by Crippen LogP contribution is -2.42. The van der Waals surface area contributed by atoms with E-state index in [4.69, 9.17) is 4.74 Å². The molecular formula is C18H27NO3. The van der Waals surface area contributed by atoms with Gasteiger partial charge in [-0.15, -0.1) is 0 Å². The van der Waals surface area contributed by atoms with Crippen LogP contribution in [0.5, 0.6) is 0 Å². The third-order valence-electron chi connectivity index (χ3n) is 4.57. The van der Waals surface area contributed by atoms with Crippen LogP contribution in [-0.2, 0) is 9.53 Å². The van der Waals surface area contributed by atoms with Crippen molar-refractivity contribution in [2.45, 2.75) is 45.3 Å². The molecule has 0 bridgehead atoms. The number of carbonyl (C=O) groups is 1. The number of benzene rings is 1. The molecule has 122 valence electrons. The van der Waals surface area contributed by atoms with Gasteiger partial charge >= 0.3 is 0 Å². The first kappa shape index (κ1) is 17.0. The number of hydrogen-bond donors (Lipinski definition) is 2. The third-order valence-corrected chi connectivity index (χ3v) is 4.57. The highest BCUT2D eigenvalue weighted by Gasteiger charge is 2.33. The Balaban J connectivity index is 1.97. The summed E-state index contributed by atoms with van der Waals surface area (Å²) in [6.45, 7) is 5.04. The van der Waals surface area contributed by atoms with E-state index in [9.17, 15) is 9.90 Å². The van der Waals surface area contributed by atoms with E-state index in [1.165, 1.54) is 0 Å². The molecule has 1 saturated heterocycles. The maximum Gasteiger partial charge on any atom is 0.226 e. The second-order valence-corrected chi connectivity index (χ2v) is 6.15. The van der Waals surface area contributed by atoms with E-state index in [0.29, 0.717) is 13.2 Å². The average molecular weight is 305 g/mol. The Kier molecular flexibility index (Phi) is 6.40. The molecule has 0 saturated carbocycles. The van der Waals surface area contributed by atoms with Crippen LogP contribution in [0.25, 0.3) is 0 Å². The Morgan fingerprint density at radius 3 is 2.82 bits per heavy atom. The van der Waals surface area contributed by atoms with Crippen LogP contribution in [0.4, 0.5) is 0 Å². The summed E-state index contributed by atoms with van der Waals surface area (Å²) in [4.78, 5) is 12.5. The van der Waals surface area contributed by atoms with E-state index in [1.54, 1.807) is 0 Å². The highest BCUT2D eigenvalue weighted by atomic mass is 16.5. The Labute approximate surface area is 132 Å². The van der Waals surface area contributed by atoms with E-state index in [0.717, 1.165) is 24.8 Å². The predicted molar refractivity (Wildman–Crippen MR) is 86.3 cm³/mol. The van der Waals surface area contributed by atoms with Gasteiger partial charge < -0.3 is 15.2 Å². The summed E-state index contributed by atoms with van der Waals surface area (Å²) in [6, 6.07) is 9.91. The number of ether oxygens (including phenoxy) is 1. The van der Waals surface area contributed by atoms with Gasteiger partial charge in [0.25, 0.3) is 0 Å². The molecule has 4 nitrogen and oxygen atoms in total. The van der Waals surface area contributed by atoms with Crippen molar-refractivity contribution in [2.75, 3.05) is 13.2 Å². The third kappa shape index (κ3) is 4.31. The average Bonchev–Trinajstić information content (AvgIpc) is 2.59. The lowest BCUT2D eigenvalue weighted by atomic mass is 9.88. The van der Waals surface area contributed by atoms with Crippen molar-refractivity contribution in [3.63, 3.8) is 0 Å². The maximum absolute atomic E-state index is 12.5. The number of rotatable bonds is 6. The number of carbonyl (C=O) groups excluding carboxylic acids is 1. The molecule has 0 radical (unpaired) electrons. The van der Waals surface area contributed by atoms with Gasteiger partial charge in [-0.25, -0.2) is 0 Å². The number of amides is 1. The Morgan fingerprint density at radius 1 is 1.41 bits per heavy atom. The zero-order valence-electron chi connectivity index (χ0n) is 13.5. The molecule has 1 heterocycles. The second-order valence-electron chi connectivity index (χ2n) is 6.15. The van der Waals surface area contributed by atoms with Crippen LogP contribution in [-0.4, -0.2) is 30.3 Å². The minimum Gasteiger partial charge on any atom is -0.391 e. The molecule has 0 aliphatic carbocycles. The minimum atomic E-state index is -0.492. The number of aliphatic hydroxyl groups is 1. The lowest BCUT2D eigenvalue weighted by molar-refractivity contribution is -0.135. The van der Waals surface area contributed by atoms with Crippen molar-refractivity contribution in [1.82, 2.24) is 5.32 Å². The molecule has 1 aliphatic rings. The topological polar surface area (TPSA) is 58.6 Å². The minimum absolute atomic E-state index is 0.0177. The predicted octanol–water partition coefficient (Wildman–Crippen LogP) is 2.68. The van der Waals surface area contributed by atoms with Crippen LogP contribution in [0.2, 0.25) is 0 Å². The Bertz CT molecular complexity index is 463. The number of hydrogen-bond acceptors (Lipinski definition) is 3. The molecule has 0 spiro atoms. The molecule has 22 heavy (non-hydrogen) atoms. The molecule has 1 aromatic carbocycles. The van der Waals surface area contributed by atoms with Crippen molar-refractivity contribution in [1.29, 1.82) is 0 Å². The fraction of sp³-hybridized carbons (Fsp3) is 0.611. The zero-order chi connectivity index (χ0) is 15.9. The normalized spacial score (nSPS) is 24.5. The van der Waals surface area contributed by atoms with Crippen molar-refractivity contribution in [3.05, 3.63) is 35.9 Å². The van der Waals surface area contributed by atoms with Crippen LogP contribution < -0.4 is 5.32 Å². The second kappa shape index (κ2) is 8.30. The van der Waals surface area contributed by atoms with E-state index in [-0.39, 0.29) is 23.8 Å². The molecule has 1 amide bonds. The van der Waals surface area contributed by atoms with Crippen LogP contribution >= 0.6 is 0 Å². The van der Waals surface area contributed by atoms with Crippen LogP contribution in [0.15, 0.2) is 30.3 Å². The van der Waals surface area contributed by atoms with Gasteiger partial charge in [-0.1, -0.05) is 50.6 Å². The molecule has 2 rings (SSSR count). The summed E-state index contributed by atoms with van der Waals surface area (Å²) in [5.41, 5.74) is 1.05. The standard InChI is InChI=1S/C18H27NO3/c1-3-13(2)16(20)12-19-18(21)15-10-7-11-22-17(15)14-8-5-4-6-9-14/h4-6,8-9,13,15-17,20H,3,7,10-12H2,1-2H3,(H,19,21). The van der Waals surface area contributed by atoms with Gasteiger partial charge in [0.05, 0.1) is 18.1 Å². The van der Waals surface area contributed by atoms with Crippen LogP contribution in [0.3, 0.4) is 0 Å². The SMILES string of the molecule is CCC(C)C(O)CNC(=O)C1CCCOC1c1ccccc1. The number of nitrogens with one attached hydrogen (secondary N) is 1. The van der Waals surface area contributed by atoms with Gasteiger partial charge in [0, 0.05) is 13.2 Å². The highest BCUT2D eigenvalue weighted by molar-refractivity contribution is 5.79. The first-order chi connectivity index (χ1) is 10.6. The summed E-state index contributed by atoms with van der Waals surface area (Å²) in [5.74, 6) is -0.0102. The summed E-state index contributed by atoms with van der Waals surface area (Å²) in [7, 11) is 0. The van der Waals surface area contributed by atoms with Crippen LogP contribution in [0, 0.1) is 11.8 Å². The van der Waals surface area contributed by atoms with Gasteiger partial charge in [0.1, 0.15) is 0 Å². The van der Waals surface area contributed by atoms with Gasteiger partial charge in [-0.3, -0.25) is 4.79 Å². The first-order valence-corrected chi connectivity index (χ1v) is 8.25. The van der Waals surface area contributed by atoms with Gasteiger partial charge in [0.2, 0.25) is 5.91 Å². The molecule has 1 aliphatic heterocycles. The molecule has 2 N–H and O–H groups in total. The maximum atomic E-state index is 12.5. The van der Waals surface area contributed by atoms with Gasteiger partial charge in [-0.2, -0.15) is 0 Å². The largest absolute Gasteiger partial charge is 0.391 e. The highest BCUT2D eigenvalue weighted by Crippen LogP contribution is 2.33. The van der Waals surface area contributed by atoms with E-state index < -0.39 is 6.10 Å². The smallest absolute Gasteiger partial charge is 0.226 e. The summed E-state index contributed by atoms with van der Waals surface area (Å²) < 4.78 is 5.85. The van der Waals surface area contributed by atoms with E-state index >= 15 is 0 Å². The Hall–Kier alpha value is -1.39. The molecule has 1 fully saturated rings. The summed E-state index contributed by atoms with van der Waals surface area (Å²) >= 11 is 0. The van der Waals surface area contributed by atoms with Gasteiger partial charge in [-0.05, 0) is 24.3 Å². The monoisotopic (exact) mass is 305 g/mol. The van der Waals surface area contributed by atoms with Crippen molar-refractivity contribution < 1.29 is 14.6 Å². The molecule has 4 heteroatoms. The van der Waals surface area contributed by atoms with Crippen molar-refractivity contribution in [2.24, 2.45) is 11.8 Å². The quantitative estimate of drug-likeness (QED) is 0.849. The molecule has 0 aromatic heterocycles. The lowest BCUT2D eigenvalue weighted by Gasteiger charge is -2.31. The molecular weight excluding hydrogens is 278 g/mol. The fourth-order valence-corrected chi connectivity index (χ4v) is 2.83. The summed E-state index contributed by atoms with van der Waals surface area (Å²) in [6.07, 6.45) is 1.94. The Morgan fingerprint density at radius 2 is 2.14 bits per heavy atom. The molecule has 4 unspecified atom stereocenters. The zero-order valence-corrected chi connectivity index (χ0v) is 13.5. The fourth-order valence-electron chi connectivity index (χ4n) is 2.83. The van der Waals surface area contributed by atoms with Crippen molar-refractivity contribution in [3.8, 4) is 0 Å².